The first kappa shape index (κ1) is 11.4. The molecule has 0 aromatic heterocycles. The number of Topliss-reactive ketones (excluding diaryl/α,β-unsaturated/α-hetero) is 1. The standard InChI is InChI=1S/C9H11Cl3O/c1-3-9(2)5(4-6(9)13)7(10)8(11)12/h5H,3-4H2,1-2H3. The molecule has 4 heteroatoms. The largest absolute Gasteiger partial charge is 0.299 e. The fourth-order valence-electron chi connectivity index (χ4n) is 1.65. The molecule has 1 fully saturated rings. The molecule has 0 N–H and O–H groups in total. The van der Waals surface area contributed by atoms with Crippen LogP contribution in [-0.4, -0.2) is 5.78 Å². The van der Waals surface area contributed by atoms with Gasteiger partial charge >= 0.3 is 0 Å². The predicted octanol–water partition coefficient (Wildman–Crippen LogP) is 3.88. The first-order chi connectivity index (χ1) is 5.93. The van der Waals surface area contributed by atoms with E-state index < -0.39 is 0 Å². The molecule has 0 heterocycles. The summed E-state index contributed by atoms with van der Waals surface area (Å²) in [6, 6.07) is 0. The molecule has 13 heavy (non-hydrogen) atoms. The van der Waals surface area contributed by atoms with Crippen LogP contribution in [0.25, 0.3) is 0 Å². The summed E-state index contributed by atoms with van der Waals surface area (Å²) in [6.45, 7) is 3.87. The second-order valence-electron chi connectivity index (χ2n) is 3.56. The fourth-order valence-corrected chi connectivity index (χ4v) is 2.23. The summed E-state index contributed by atoms with van der Waals surface area (Å²) in [5, 5.41) is 0.423. The number of rotatable bonds is 2. The fraction of sp³-hybridized carbons (Fsp3) is 0.667. The SMILES string of the molecule is CCC1(C)C(=O)CC1C(Cl)=C(Cl)Cl. The molecule has 1 nitrogen and oxygen atoms in total. The average molecular weight is 242 g/mol. The van der Waals surface area contributed by atoms with Gasteiger partial charge in [-0.2, -0.15) is 0 Å². The molecule has 0 aliphatic heterocycles. The van der Waals surface area contributed by atoms with Gasteiger partial charge < -0.3 is 0 Å². The third-order valence-corrected chi connectivity index (χ3v) is 4.07. The molecule has 0 aromatic rings. The van der Waals surface area contributed by atoms with E-state index in [0.29, 0.717) is 11.5 Å². The van der Waals surface area contributed by atoms with Crippen LogP contribution in [0, 0.1) is 11.3 Å². The quantitative estimate of drug-likeness (QED) is 0.717. The lowest BCUT2D eigenvalue weighted by Crippen LogP contribution is -2.47. The van der Waals surface area contributed by atoms with Crippen molar-refractivity contribution in [3.63, 3.8) is 0 Å². The molecule has 0 bridgehead atoms. The molecule has 1 saturated carbocycles. The third-order valence-electron chi connectivity index (χ3n) is 3.02. The molecular formula is C9H11Cl3O. The molecule has 0 radical (unpaired) electrons. The van der Waals surface area contributed by atoms with Crippen molar-refractivity contribution >= 4 is 40.6 Å². The van der Waals surface area contributed by atoms with Gasteiger partial charge in [-0.25, -0.2) is 0 Å². The Kier molecular flexibility index (Phi) is 3.32. The van der Waals surface area contributed by atoms with Crippen LogP contribution in [0.3, 0.4) is 0 Å². The summed E-state index contributed by atoms with van der Waals surface area (Å²) in [6.07, 6.45) is 1.24. The maximum atomic E-state index is 11.4. The van der Waals surface area contributed by atoms with E-state index in [1.54, 1.807) is 0 Å². The van der Waals surface area contributed by atoms with E-state index in [2.05, 4.69) is 0 Å². The van der Waals surface area contributed by atoms with Crippen LogP contribution in [0.2, 0.25) is 0 Å². The number of carbonyl (C=O) groups excluding carboxylic acids is 1. The molecule has 0 aromatic carbocycles. The minimum Gasteiger partial charge on any atom is -0.299 e. The maximum absolute atomic E-state index is 11.4. The lowest BCUT2D eigenvalue weighted by atomic mass is 9.59. The minimum atomic E-state index is -0.355. The van der Waals surface area contributed by atoms with Crippen LogP contribution in [-0.2, 0) is 4.79 Å². The Balaban J connectivity index is 2.88. The van der Waals surface area contributed by atoms with E-state index >= 15 is 0 Å². The molecule has 74 valence electrons. The van der Waals surface area contributed by atoms with Gasteiger partial charge in [0, 0.05) is 17.8 Å². The Morgan fingerprint density at radius 2 is 2.08 bits per heavy atom. The Hall–Kier alpha value is 0.280. The highest BCUT2D eigenvalue weighted by Crippen LogP contribution is 2.51. The summed E-state index contributed by atoms with van der Waals surface area (Å²) < 4.78 is 0.0823. The Labute approximate surface area is 93.0 Å². The van der Waals surface area contributed by atoms with E-state index in [9.17, 15) is 4.79 Å². The van der Waals surface area contributed by atoms with Gasteiger partial charge in [0.15, 0.2) is 0 Å². The van der Waals surface area contributed by atoms with E-state index in [1.807, 2.05) is 13.8 Å². The predicted molar refractivity (Wildman–Crippen MR) is 56.1 cm³/mol. The van der Waals surface area contributed by atoms with E-state index in [0.717, 1.165) is 6.42 Å². The molecular weight excluding hydrogens is 230 g/mol. The zero-order chi connectivity index (χ0) is 10.2. The molecule has 0 saturated heterocycles. The van der Waals surface area contributed by atoms with Crippen molar-refractivity contribution in [2.75, 3.05) is 0 Å². The van der Waals surface area contributed by atoms with Crippen molar-refractivity contribution < 1.29 is 4.79 Å². The zero-order valence-electron chi connectivity index (χ0n) is 7.53. The average Bonchev–Trinajstić information content (AvgIpc) is 2.11. The van der Waals surface area contributed by atoms with Gasteiger partial charge in [-0.1, -0.05) is 48.7 Å². The van der Waals surface area contributed by atoms with Gasteiger partial charge in [-0.15, -0.1) is 0 Å². The molecule has 2 unspecified atom stereocenters. The second-order valence-corrected chi connectivity index (χ2v) is 4.92. The Morgan fingerprint density at radius 3 is 2.38 bits per heavy atom. The molecule has 1 aliphatic rings. The van der Waals surface area contributed by atoms with Gasteiger partial charge in [0.2, 0.25) is 0 Å². The van der Waals surface area contributed by atoms with E-state index in [4.69, 9.17) is 34.8 Å². The molecule has 0 amide bonds. The van der Waals surface area contributed by atoms with Crippen LogP contribution < -0.4 is 0 Å². The number of halogens is 3. The summed E-state index contributed by atoms with van der Waals surface area (Å²) in [5.74, 6) is 0.254. The summed E-state index contributed by atoms with van der Waals surface area (Å²) >= 11 is 17.0. The van der Waals surface area contributed by atoms with Crippen molar-refractivity contribution in [3.05, 3.63) is 9.52 Å². The highest BCUT2D eigenvalue weighted by atomic mass is 35.5. The monoisotopic (exact) mass is 240 g/mol. The number of ketones is 1. The van der Waals surface area contributed by atoms with Crippen molar-refractivity contribution in [2.24, 2.45) is 11.3 Å². The van der Waals surface area contributed by atoms with Gasteiger partial charge in [0.1, 0.15) is 10.3 Å². The number of allylic oxidation sites excluding steroid dienone is 1. The van der Waals surface area contributed by atoms with Gasteiger partial charge in [-0.05, 0) is 6.42 Å². The normalized spacial score (nSPS) is 32.7. The Bertz CT molecular complexity index is 268. The number of hydrogen-bond acceptors (Lipinski definition) is 1. The number of hydrogen-bond donors (Lipinski definition) is 0. The first-order valence-electron chi connectivity index (χ1n) is 4.17. The van der Waals surface area contributed by atoms with Crippen LogP contribution in [0.15, 0.2) is 9.52 Å². The van der Waals surface area contributed by atoms with E-state index in [1.165, 1.54) is 0 Å². The molecule has 0 spiro atoms. The maximum Gasteiger partial charge on any atom is 0.140 e. The van der Waals surface area contributed by atoms with Crippen molar-refractivity contribution in [2.45, 2.75) is 26.7 Å². The molecule has 1 rings (SSSR count). The lowest BCUT2D eigenvalue weighted by molar-refractivity contribution is -0.142. The van der Waals surface area contributed by atoms with Gasteiger partial charge in [0.05, 0.1) is 5.03 Å². The first-order valence-corrected chi connectivity index (χ1v) is 5.30. The van der Waals surface area contributed by atoms with Crippen LogP contribution in [0.4, 0.5) is 0 Å². The molecule has 2 atom stereocenters. The minimum absolute atomic E-state index is 0.0108. The van der Waals surface area contributed by atoms with E-state index in [-0.39, 0.29) is 21.6 Å². The zero-order valence-corrected chi connectivity index (χ0v) is 9.80. The van der Waals surface area contributed by atoms with Gasteiger partial charge in [-0.3, -0.25) is 4.79 Å². The van der Waals surface area contributed by atoms with Crippen LogP contribution in [0.1, 0.15) is 26.7 Å². The Morgan fingerprint density at radius 1 is 1.54 bits per heavy atom. The summed E-state index contributed by atoms with van der Waals surface area (Å²) in [5.41, 5.74) is -0.355. The number of carbonyl (C=O) groups is 1. The summed E-state index contributed by atoms with van der Waals surface area (Å²) in [7, 11) is 0. The third kappa shape index (κ3) is 1.74. The summed E-state index contributed by atoms with van der Waals surface area (Å²) in [4.78, 5) is 11.4. The second kappa shape index (κ2) is 3.80. The van der Waals surface area contributed by atoms with Crippen LogP contribution in [0.5, 0.6) is 0 Å². The van der Waals surface area contributed by atoms with Gasteiger partial charge in [0.25, 0.3) is 0 Å². The smallest absolute Gasteiger partial charge is 0.140 e. The van der Waals surface area contributed by atoms with Crippen molar-refractivity contribution in [1.82, 2.24) is 0 Å². The highest BCUT2D eigenvalue weighted by Gasteiger charge is 2.51. The topological polar surface area (TPSA) is 17.1 Å². The van der Waals surface area contributed by atoms with Crippen molar-refractivity contribution in [3.8, 4) is 0 Å². The van der Waals surface area contributed by atoms with Crippen molar-refractivity contribution in [1.29, 1.82) is 0 Å². The lowest BCUT2D eigenvalue weighted by Gasteiger charge is -2.44. The molecule has 1 aliphatic carbocycles. The van der Waals surface area contributed by atoms with Crippen LogP contribution >= 0.6 is 34.8 Å². The highest BCUT2D eigenvalue weighted by molar-refractivity contribution is 6.59.